The van der Waals surface area contributed by atoms with E-state index < -0.39 is 0 Å². The Labute approximate surface area is 124 Å². The number of hydrogen-bond donors (Lipinski definition) is 2. The highest BCUT2D eigenvalue weighted by atomic mass is 16.5. The van der Waals surface area contributed by atoms with E-state index in [1.54, 1.807) is 0 Å². The van der Waals surface area contributed by atoms with Gasteiger partial charge in [0.2, 0.25) is 0 Å². The Bertz CT molecular complexity index is 292. The standard InChI is InChI=1S/C16H34N2O2/c1-7-17-14-13(12-18(8-2)10-9-11-19)15(3,4)20-16(14,5)6/h13-14,17,19H,7-12H2,1-6H3. The maximum absolute atomic E-state index is 9.03. The number of nitrogens with zero attached hydrogens (tertiary/aromatic N) is 1. The van der Waals surface area contributed by atoms with E-state index in [-0.39, 0.29) is 17.8 Å². The SMILES string of the molecule is CCNC1C(CN(CC)CCCO)C(C)(C)OC1(C)C. The predicted octanol–water partition coefficient (Wildman–Crippen LogP) is 1.87. The third-order valence-corrected chi connectivity index (χ3v) is 4.53. The molecule has 120 valence electrons. The average Bonchev–Trinajstić information content (AvgIpc) is 2.51. The molecule has 0 aliphatic carbocycles. The Morgan fingerprint density at radius 1 is 1.15 bits per heavy atom. The minimum Gasteiger partial charge on any atom is -0.396 e. The minimum absolute atomic E-state index is 0.122. The van der Waals surface area contributed by atoms with E-state index in [0.717, 1.165) is 32.6 Å². The van der Waals surface area contributed by atoms with Gasteiger partial charge in [-0.1, -0.05) is 13.8 Å². The van der Waals surface area contributed by atoms with Gasteiger partial charge in [-0.15, -0.1) is 0 Å². The van der Waals surface area contributed by atoms with Crippen LogP contribution in [0.4, 0.5) is 0 Å². The highest BCUT2D eigenvalue weighted by molar-refractivity contribution is 5.06. The summed E-state index contributed by atoms with van der Waals surface area (Å²) in [5.74, 6) is 0.455. The van der Waals surface area contributed by atoms with Crippen molar-refractivity contribution in [2.75, 3.05) is 32.8 Å². The van der Waals surface area contributed by atoms with Crippen LogP contribution in [0.3, 0.4) is 0 Å². The normalized spacial score (nSPS) is 28.2. The largest absolute Gasteiger partial charge is 0.396 e. The molecule has 20 heavy (non-hydrogen) atoms. The number of likely N-dealkylation sites (N-methyl/N-ethyl adjacent to an activating group) is 1. The molecule has 1 fully saturated rings. The van der Waals surface area contributed by atoms with Gasteiger partial charge < -0.3 is 20.1 Å². The molecule has 1 aliphatic rings. The second-order valence-electron chi connectivity index (χ2n) is 6.92. The Morgan fingerprint density at radius 3 is 2.30 bits per heavy atom. The third-order valence-electron chi connectivity index (χ3n) is 4.53. The number of aliphatic hydroxyl groups excluding tert-OH is 1. The van der Waals surface area contributed by atoms with Crippen LogP contribution in [-0.4, -0.2) is 60.0 Å². The Balaban J connectivity index is 2.81. The maximum Gasteiger partial charge on any atom is 0.0790 e. The predicted molar refractivity (Wildman–Crippen MR) is 84.0 cm³/mol. The molecule has 1 aliphatic heterocycles. The molecule has 0 bridgehead atoms. The smallest absolute Gasteiger partial charge is 0.0790 e. The first-order chi connectivity index (χ1) is 9.28. The number of hydrogen-bond acceptors (Lipinski definition) is 4. The van der Waals surface area contributed by atoms with Crippen molar-refractivity contribution in [1.82, 2.24) is 10.2 Å². The summed E-state index contributed by atoms with van der Waals surface area (Å²) in [4.78, 5) is 2.43. The van der Waals surface area contributed by atoms with Gasteiger partial charge in [0, 0.05) is 31.7 Å². The summed E-state index contributed by atoms with van der Waals surface area (Å²) in [6.07, 6.45) is 0.844. The first kappa shape index (κ1) is 17.9. The van der Waals surface area contributed by atoms with Gasteiger partial charge in [-0.2, -0.15) is 0 Å². The Hall–Kier alpha value is -0.160. The topological polar surface area (TPSA) is 44.7 Å². The molecule has 0 spiro atoms. The number of ether oxygens (including phenoxy) is 1. The molecule has 4 nitrogen and oxygen atoms in total. The highest BCUT2D eigenvalue weighted by Crippen LogP contribution is 2.42. The van der Waals surface area contributed by atoms with Crippen LogP contribution >= 0.6 is 0 Å². The number of nitrogens with one attached hydrogen (secondary N) is 1. The lowest BCUT2D eigenvalue weighted by molar-refractivity contribution is -0.0795. The fourth-order valence-corrected chi connectivity index (χ4v) is 3.59. The van der Waals surface area contributed by atoms with E-state index in [0.29, 0.717) is 12.0 Å². The van der Waals surface area contributed by atoms with Crippen LogP contribution in [0.15, 0.2) is 0 Å². The van der Waals surface area contributed by atoms with Crippen molar-refractivity contribution in [2.24, 2.45) is 5.92 Å². The maximum atomic E-state index is 9.03. The van der Waals surface area contributed by atoms with Gasteiger partial charge in [-0.25, -0.2) is 0 Å². The lowest BCUT2D eigenvalue weighted by atomic mass is 9.82. The summed E-state index contributed by atoms with van der Waals surface area (Å²) in [6.45, 7) is 17.4. The van der Waals surface area contributed by atoms with E-state index in [2.05, 4.69) is 51.8 Å². The van der Waals surface area contributed by atoms with Crippen molar-refractivity contribution in [3.63, 3.8) is 0 Å². The Morgan fingerprint density at radius 2 is 1.80 bits per heavy atom. The first-order valence-electron chi connectivity index (χ1n) is 8.05. The molecule has 2 atom stereocenters. The van der Waals surface area contributed by atoms with Crippen molar-refractivity contribution in [1.29, 1.82) is 0 Å². The second-order valence-corrected chi connectivity index (χ2v) is 6.92. The van der Waals surface area contributed by atoms with E-state index in [4.69, 9.17) is 9.84 Å². The molecule has 0 amide bonds. The molecule has 1 rings (SSSR count). The average molecular weight is 286 g/mol. The summed E-state index contributed by atoms with van der Waals surface area (Å²) in [7, 11) is 0. The lowest BCUT2D eigenvalue weighted by Gasteiger charge is -2.34. The first-order valence-corrected chi connectivity index (χ1v) is 8.05. The number of rotatable bonds is 8. The zero-order valence-electron chi connectivity index (χ0n) is 14.2. The van der Waals surface area contributed by atoms with Crippen molar-refractivity contribution < 1.29 is 9.84 Å². The van der Waals surface area contributed by atoms with Gasteiger partial charge in [0.05, 0.1) is 11.2 Å². The summed E-state index contributed by atoms with van der Waals surface area (Å²) in [5, 5.41) is 12.7. The van der Waals surface area contributed by atoms with E-state index in [9.17, 15) is 0 Å². The molecule has 0 aromatic rings. The van der Waals surface area contributed by atoms with Crippen molar-refractivity contribution >= 4 is 0 Å². The van der Waals surface area contributed by atoms with Crippen LogP contribution < -0.4 is 5.32 Å². The van der Waals surface area contributed by atoms with Crippen LogP contribution in [0.2, 0.25) is 0 Å². The molecule has 0 radical (unpaired) electrons. The van der Waals surface area contributed by atoms with Crippen LogP contribution in [-0.2, 0) is 4.74 Å². The van der Waals surface area contributed by atoms with Gasteiger partial charge in [0.1, 0.15) is 0 Å². The molecule has 4 heteroatoms. The summed E-state index contributed by atoms with van der Waals surface area (Å²) in [5.41, 5.74) is -0.260. The fourth-order valence-electron chi connectivity index (χ4n) is 3.59. The summed E-state index contributed by atoms with van der Waals surface area (Å²) >= 11 is 0. The van der Waals surface area contributed by atoms with Gasteiger partial charge in [0.25, 0.3) is 0 Å². The molecular weight excluding hydrogens is 252 g/mol. The zero-order chi connectivity index (χ0) is 15.4. The molecule has 1 saturated heterocycles. The van der Waals surface area contributed by atoms with Crippen molar-refractivity contribution in [2.45, 2.75) is 65.2 Å². The Kier molecular flexibility index (Phi) is 6.45. The molecule has 0 saturated carbocycles. The molecule has 2 N–H and O–H groups in total. The van der Waals surface area contributed by atoms with E-state index in [1.807, 2.05) is 0 Å². The van der Waals surface area contributed by atoms with E-state index in [1.165, 1.54) is 0 Å². The fraction of sp³-hybridized carbons (Fsp3) is 1.00. The molecular formula is C16H34N2O2. The monoisotopic (exact) mass is 286 g/mol. The lowest BCUT2D eigenvalue weighted by Crippen LogP contribution is -2.51. The van der Waals surface area contributed by atoms with Crippen LogP contribution in [0.1, 0.15) is 48.0 Å². The summed E-state index contributed by atoms with van der Waals surface area (Å²) in [6, 6.07) is 0.366. The van der Waals surface area contributed by atoms with Crippen molar-refractivity contribution in [3.8, 4) is 0 Å². The van der Waals surface area contributed by atoms with Crippen molar-refractivity contribution in [3.05, 3.63) is 0 Å². The minimum atomic E-state index is -0.138. The molecule has 2 unspecified atom stereocenters. The second kappa shape index (κ2) is 7.21. The van der Waals surface area contributed by atoms with Gasteiger partial charge in [-0.05, 0) is 47.2 Å². The van der Waals surface area contributed by atoms with Gasteiger partial charge >= 0.3 is 0 Å². The summed E-state index contributed by atoms with van der Waals surface area (Å²) < 4.78 is 6.33. The molecule has 0 aromatic carbocycles. The molecule has 0 aromatic heterocycles. The zero-order valence-corrected chi connectivity index (χ0v) is 14.2. The third kappa shape index (κ3) is 4.17. The van der Waals surface area contributed by atoms with Gasteiger partial charge in [-0.3, -0.25) is 0 Å². The quantitative estimate of drug-likeness (QED) is 0.715. The van der Waals surface area contributed by atoms with Gasteiger partial charge in [0.15, 0.2) is 0 Å². The highest BCUT2D eigenvalue weighted by Gasteiger charge is 2.53. The molecule has 1 heterocycles. The van der Waals surface area contributed by atoms with Crippen LogP contribution in [0.5, 0.6) is 0 Å². The van der Waals surface area contributed by atoms with E-state index >= 15 is 0 Å². The van der Waals surface area contributed by atoms with Crippen LogP contribution in [0, 0.1) is 5.92 Å². The number of aliphatic hydroxyl groups is 1. The van der Waals surface area contributed by atoms with Crippen LogP contribution in [0.25, 0.3) is 0 Å².